The number of amides is 2. The van der Waals surface area contributed by atoms with Gasteiger partial charge < -0.3 is 20.1 Å². The smallest absolute Gasteiger partial charge is 0.407 e. The van der Waals surface area contributed by atoms with Gasteiger partial charge in [0, 0.05) is 31.5 Å². The molecule has 5 rings (SSSR count). The van der Waals surface area contributed by atoms with Gasteiger partial charge in [-0.3, -0.25) is 9.59 Å². The zero-order valence-electron chi connectivity index (χ0n) is 20.0. The number of ether oxygens (including phenoxy) is 1. The first-order chi connectivity index (χ1) is 16.9. The number of hydrogen-bond donors (Lipinski definition) is 2. The molecule has 0 aromatic heterocycles. The molecule has 1 aliphatic heterocycles. The third-order valence-electron chi connectivity index (χ3n) is 7.92. The summed E-state index contributed by atoms with van der Waals surface area (Å²) in [5.41, 5.74) is 3.91. The maximum absolute atomic E-state index is 12.9. The fourth-order valence-corrected chi connectivity index (χ4v) is 5.83. The first-order valence-electron chi connectivity index (χ1n) is 12.6. The SMILES string of the molecule is CCCCC(CC(=O)N1CC2CC2(C(=O)O)C1)NC(=O)OCC1c2ccccc2-c2ccccc21. The molecule has 2 aromatic rings. The van der Waals surface area contributed by atoms with Crippen LogP contribution in [0.3, 0.4) is 0 Å². The molecule has 7 nitrogen and oxygen atoms in total. The predicted molar refractivity (Wildman–Crippen MR) is 131 cm³/mol. The van der Waals surface area contributed by atoms with E-state index >= 15 is 0 Å². The van der Waals surface area contributed by atoms with Crippen molar-refractivity contribution >= 4 is 18.0 Å². The first-order valence-corrected chi connectivity index (χ1v) is 12.6. The maximum Gasteiger partial charge on any atom is 0.407 e. The largest absolute Gasteiger partial charge is 0.481 e. The highest BCUT2D eigenvalue weighted by Crippen LogP contribution is 2.58. The topological polar surface area (TPSA) is 95.9 Å². The monoisotopic (exact) mass is 476 g/mol. The van der Waals surface area contributed by atoms with Crippen LogP contribution in [0.25, 0.3) is 11.1 Å². The van der Waals surface area contributed by atoms with Crippen molar-refractivity contribution in [3.05, 3.63) is 59.7 Å². The third kappa shape index (κ3) is 4.40. The molecule has 2 aliphatic carbocycles. The number of piperidine rings is 1. The van der Waals surface area contributed by atoms with Crippen molar-refractivity contribution in [3.63, 3.8) is 0 Å². The van der Waals surface area contributed by atoms with Crippen molar-refractivity contribution in [2.24, 2.45) is 11.3 Å². The number of carbonyl (C=O) groups excluding carboxylic acids is 2. The highest BCUT2D eigenvalue weighted by Gasteiger charge is 2.66. The lowest BCUT2D eigenvalue weighted by molar-refractivity contribution is -0.144. The molecule has 1 saturated carbocycles. The van der Waals surface area contributed by atoms with Gasteiger partial charge in [0.2, 0.25) is 5.91 Å². The Morgan fingerprint density at radius 1 is 1.11 bits per heavy atom. The van der Waals surface area contributed by atoms with Crippen LogP contribution in [0, 0.1) is 11.3 Å². The minimum atomic E-state index is -0.808. The Labute approximate surface area is 205 Å². The summed E-state index contributed by atoms with van der Waals surface area (Å²) in [6.07, 6.45) is 2.80. The molecule has 1 heterocycles. The van der Waals surface area contributed by atoms with Crippen LogP contribution in [0.1, 0.15) is 56.1 Å². The van der Waals surface area contributed by atoms with Crippen LogP contribution in [-0.4, -0.2) is 53.7 Å². The maximum atomic E-state index is 12.9. The Balaban J connectivity index is 1.19. The van der Waals surface area contributed by atoms with E-state index in [9.17, 15) is 19.5 Å². The molecule has 2 N–H and O–H groups in total. The van der Waals surface area contributed by atoms with Gasteiger partial charge in [-0.1, -0.05) is 68.3 Å². The van der Waals surface area contributed by atoms with E-state index in [1.807, 2.05) is 24.3 Å². The van der Waals surface area contributed by atoms with Gasteiger partial charge in [0.1, 0.15) is 6.61 Å². The van der Waals surface area contributed by atoms with Crippen LogP contribution in [0.15, 0.2) is 48.5 Å². The lowest BCUT2D eigenvalue weighted by Crippen LogP contribution is -2.42. The van der Waals surface area contributed by atoms with Crippen molar-refractivity contribution in [2.45, 2.75) is 51.0 Å². The zero-order valence-corrected chi connectivity index (χ0v) is 20.0. The molecule has 3 atom stereocenters. The van der Waals surface area contributed by atoms with Gasteiger partial charge >= 0.3 is 12.1 Å². The number of carboxylic acid groups (broad SMARTS) is 1. The summed E-state index contributed by atoms with van der Waals surface area (Å²) in [6.45, 7) is 3.06. The minimum absolute atomic E-state index is 0.0209. The molecule has 2 aromatic carbocycles. The summed E-state index contributed by atoms with van der Waals surface area (Å²) in [4.78, 5) is 38.9. The Hall–Kier alpha value is -3.35. The van der Waals surface area contributed by atoms with Crippen molar-refractivity contribution in [1.29, 1.82) is 0 Å². The van der Waals surface area contributed by atoms with Crippen molar-refractivity contribution in [1.82, 2.24) is 10.2 Å². The van der Waals surface area contributed by atoms with E-state index in [2.05, 4.69) is 36.5 Å². The molecule has 3 aliphatic rings. The predicted octanol–water partition coefficient (Wildman–Crippen LogP) is 4.41. The van der Waals surface area contributed by atoms with E-state index in [1.54, 1.807) is 4.90 Å². The van der Waals surface area contributed by atoms with Crippen molar-refractivity contribution in [3.8, 4) is 11.1 Å². The number of aliphatic carboxylic acids is 1. The Kier molecular flexibility index (Phi) is 6.26. The molecule has 7 heteroatoms. The number of carboxylic acids is 1. The summed E-state index contributed by atoms with van der Waals surface area (Å²) >= 11 is 0. The quantitative estimate of drug-likeness (QED) is 0.559. The van der Waals surface area contributed by atoms with Crippen molar-refractivity contribution in [2.75, 3.05) is 19.7 Å². The minimum Gasteiger partial charge on any atom is -0.481 e. The van der Waals surface area contributed by atoms with Gasteiger partial charge in [-0.2, -0.15) is 0 Å². The summed E-state index contributed by atoms with van der Waals surface area (Å²) in [5, 5.41) is 12.4. The number of unbranched alkanes of at least 4 members (excludes halogenated alkanes) is 1. The Bertz CT molecular complexity index is 1100. The Morgan fingerprint density at radius 3 is 2.37 bits per heavy atom. The van der Waals surface area contributed by atoms with Crippen LogP contribution in [0.2, 0.25) is 0 Å². The van der Waals surface area contributed by atoms with Crippen LogP contribution in [0.5, 0.6) is 0 Å². The Morgan fingerprint density at radius 2 is 1.77 bits per heavy atom. The van der Waals surface area contributed by atoms with Gasteiger partial charge in [0.25, 0.3) is 0 Å². The summed E-state index contributed by atoms with van der Waals surface area (Å²) < 4.78 is 5.68. The van der Waals surface area contributed by atoms with E-state index < -0.39 is 17.5 Å². The zero-order chi connectivity index (χ0) is 24.6. The van der Waals surface area contributed by atoms with Gasteiger partial charge in [-0.15, -0.1) is 0 Å². The number of likely N-dealkylation sites (tertiary alicyclic amines) is 1. The molecule has 1 saturated heterocycles. The number of hydrogen-bond acceptors (Lipinski definition) is 4. The van der Waals surface area contributed by atoms with Gasteiger partial charge in [-0.05, 0) is 41.0 Å². The number of rotatable bonds is 9. The molecule has 0 bridgehead atoms. The fourth-order valence-electron chi connectivity index (χ4n) is 5.83. The van der Waals surface area contributed by atoms with Crippen LogP contribution >= 0.6 is 0 Å². The average Bonchev–Trinajstić information content (AvgIpc) is 3.28. The second-order valence-electron chi connectivity index (χ2n) is 10.1. The highest BCUT2D eigenvalue weighted by atomic mass is 16.5. The van der Waals surface area contributed by atoms with E-state index in [0.717, 1.165) is 24.0 Å². The van der Waals surface area contributed by atoms with E-state index in [1.165, 1.54) is 11.1 Å². The number of nitrogens with one attached hydrogen (secondary N) is 1. The standard InChI is InChI=1S/C28H32N2O5/c1-2-3-8-19(13-25(31)30-15-18-14-28(18,17-30)26(32)33)29-27(34)35-16-24-22-11-6-4-9-20(22)21-10-5-7-12-23(21)24/h4-7,9-12,18-19,24H,2-3,8,13-17H2,1H3,(H,29,34)(H,32,33). The second kappa shape index (κ2) is 9.36. The molecule has 0 radical (unpaired) electrons. The number of benzene rings is 2. The molecular formula is C28H32N2O5. The molecule has 3 unspecified atom stereocenters. The normalized spacial score (nSPS) is 22.7. The van der Waals surface area contributed by atoms with E-state index in [4.69, 9.17) is 4.74 Å². The van der Waals surface area contributed by atoms with Crippen LogP contribution in [0.4, 0.5) is 4.79 Å². The third-order valence-corrected chi connectivity index (χ3v) is 7.92. The molecular weight excluding hydrogens is 444 g/mol. The van der Waals surface area contributed by atoms with Gasteiger partial charge in [0.15, 0.2) is 0 Å². The molecule has 2 fully saturated rings. The number of alkyl carbamates (subject to hydrolysis) is 1. The molecule has 184 valence electrons. The lowest BCUT2D eigenvalue weighted by Gasteiger charge is -2.24. The lowest BCUT2D eigenvalue weighted by atomic mass is 9.98. The first kappa shape index (κ1) is 23.4. The summed E-state index contributed by atoms with van der Waals surface area (Å²) in [6, 6.07) is 16.0. The number of carbonyl (C=O) groups is 3. The molecule has 35 heavy (non-hydrogen) atoms. The van der Waals surface area contributed by atoms with Crippen LogP contribution < -0.4 is 5.32 Å². The van der Waals surface area contributed by atoms with Crippen LogP contribution in [-0.2, 0) is 14.3 Å². The molecule has 2 amide bonds. The van der Waals surface area contributed by atoms with Crippen molar-refractivity contribution < 1.29 is 24.2 Å². The average molecular weight is 477 g/mol. The van der Waals surface area contributed by atoms with E-state index in [-0.39, 0.29) is 43.4 Å². The second-order valence-corrected chi connectivity index (χ2v) is 10.1. The molecule has 0 spiro atoms. The highest BCUT2D eigenvalue weighted by molar-refractivity contribution is 5.84. The van der Waals surface area contributed by atoms with Gasteiger partial charge in [-0.25, -0.2) is 4.79 Å². The fraction of sp³-hybridized carbons (Fsp3) is 0.464. The summed E-state index contributed by atoms with van der Waals surface area (Å²) in [5.74, 6) is -0.865. The van der Waals surface area contributed by atoms with Gasteiger partial charge in [0.05, 0.1) is 5.41 Å². The number of fused-ring (bicyclic) bond motifs is 4. The summed E-state index contributed by atoms with van der Waals surface area (Å²) in [7, 11) is 0. The number of nitrogens with zero attached hydrogens (tertiary/aromatic N) is 1. The van der Waals surface area contributed by atoms with E-state index in [0.29, 0.717) is 19.4 Å².